The van der Waals surface area contributed by atoms with Gasteiger partial charge in [-0.05, 0) is 60.7 Å². The zero-order valence-corrected chi connectivity index (χ0v) is 15.0. The number of aryl methyl sites for hydroxylation is 2. The minimum absolute atomic E-state index is 0.165. The third-order valence-electron chi connectivity index (χ3n) is 3.44. The Labute approximate surface area is 140 Å². The number of rotatable bonds is 5. The fourth-order valence-electron chi connectivity index (χ4n) is 2.24. The van der Waals surface area contributed by atoms with Crippen molar-refractivity contribution < 1.29 is 4.74 Å². The van der Waals surface area contributed by atoms with Crippen molar-refractivity contribution >= 4 is 27.5 Å². The number of halogens is 2. The molecule has 2 rings (SSSR count). The van der Waals surface area contributed by atoms with E-state index in [0.717, 1.165) is 34.4 Å². The van der Waals surface area contributed by atoms with Gasteiger partial charge in [0.2, 0.25) is 0 Å². The molecule has 0 amide bonds. The Morgan fingerprint density at radius 1 is 1.14 bits per heavy atom. The van der Waals surface area contributed by atoms with E-state index < -0.39 is 0 Å². The first-order chi connectivity index (χ1) is 10.0. The summed E-state index contributed by atoms with van der Waals surface area (Å²) < 4.78 is 6.81. The van der Waals surface area contributed by atoms with Crippen molar-refractivity contribution in [3.05, 3.63) is 63.1 Å². The van der Waals surface area contributed by atoms with Gasteiger partial charge in [0, 0.05) is 4.47 Å². The molecular weight excluding hydrogens is 348 g/mol. The summed E-state index contributed by atoms with van der Waals surface area (Å²) in [7, 11) is 0. The van der Waals surface area contributed by atoms with E-state index in [1.54, 1.807) is 0 Å². The van der Waals surface area contributed by atoms with Crippen molar-refractivity contribution in [3.8, 4) is 5.75 Å². The molecule has 0 N–H and O–H groups in total. The SMILES string of the molecule is CCCOc1cccc(C(Cl)c2cc(C)c(Br)cc2C)c1. The lowest BCUT2D eigenvalue weighted by molar-refractivity contribution is 0.317. The van der Waals surface area contributed by atoms with Gasteiger partial charge in [0.25, 0.3) is 0 Å². The Morgan fingerprint density at radius 3 is 2.62 bits per heavy atom. The molecule has 0 heterocycles. The summed E-state index contributed by atoms with van der Waals surface area (Å²) >= 11 is 10.3. The molecule has 0 aliphatic heterocycles. The molecule has 21 heavy (non-hydrogen) atoms. The lowest BCUT2D eigenvalue weighted by atomic mass is 9.98. The fraction of sp³-hybridized carbons (Fsp3) is 0.333. The average molecular weight is 368 g/mol. The topological polar surface area (TPSA) is 9.23 Å². The molecule has 0 radical (unpaired) electrons. The van der Waals surface area contributed by atoms with Crippen molar-refractivity contribution in [2.24, 2.45) is 0 Å². The monoisotopic (exact) mass is 366 g/mol. The standard InChI is InChI=1S/C18H20BrClO/c1-4-8-21-15-7-5-6-14(11-15)18(20)16-9-13(3)17(19)10-12(16)2/h5-7,9-11,18H,4,8H2,1-3H3. The predicted molar refractivity (Wildman–Crippen MR) is 93.5 cm³/mol. The van der Waals surface area contributed by atoms with E-state index in [1.165, 1.54) is 11.1 Å². The number of ether oxygens (including phenoxy) is 1. The third kappa shape index (κ3) is 4.02. The van der Waals surface area contributed by atoms with Gasteiger partial charge in [-0.25, -0.2) is 0 Å². The second kappa shape index (κ2) is 7.33. The van der Waals surface area contributed by atoms with Crippen LogP contribution in [-0.2, 0) is 0 Å². The van der Waals surface area contributed by atoms with Crippen LogP contribution in [0.5, 0.6) is 5.75 Å². The molecule has 0 fully saturated rings. The second-order valence-electron chi connectivity index (χ2n) is 5.24. The molecule has 1 unspecified atom stereocenters. The van der Waals surface area contributed by atoms with Crippen molar-refractivity contribution in [2.75, 3.05) is 6.61 Å². The van der Waals surface area contributed by atoms with E-state index in [9.17, 15) is 0 Å². The van der Waals surface area contributed by atoms with Crippen LogP contribution in [0.3, 0.4) is 0 Å². The maximum atomic E-state index is 6.70. The second-order valence-corrected chi connectivity index (χ2v) is 6.53. The fourth-order valence-corrected chi connectivity index (χ4v) is 3.07. The largest absolute Gasteiger partial charge is 0.494 e. The summed E-state index contributed by atoms with van der Waals surface area (Å²) in [6.45, 7) is 7.00. The highest BCUT2D eigenvalue weighted by atomic mass is 79.9. The van der Waals surface area contributed by atoms with Crippen LogP contribution in [0.15, 0.2) is 40.9 Å². The van der Waals surface area contributed by atoms with Crippen molar-refractivity contribution in [1.82, 2.24) is 0 Å². The lowest BCUT2D eigenvalue weighted by Gasteiger charge is -2.16. The smallest absolute Gasteiger partial charge is 0.119 e. The highest BCUT2D eigenvalue weighted by molar-refractivity contribution is 9.10. The highest BCUT2D eigenvalue weighted by Crippen LogP contribution is 2.35. The van der Waals surface area contributed by atoms with Crippen LogP contribution < -0.4 is 4.74 Å². The van der Waals surface area contributed by atoms with Crippen molar-refractivity contribution in [1.29, 1.82) is 0 Å². The van der Waals surface area contributed by atoms with Crippen LogP contribution >= 0.6 is 27.5 Å². The summed E-state index contributed by atoms with van der Waals surface area (Å²) in [5.74, 6) is 0.881. The molecule has 2 aromatic rings. The lowest BCUT2D eigenvalue weighted by Crippen LogP contribution is -2.00. The first kappa shape index (κ1) is 16.4. The maximum absolute atomic E-state index is 6.70. The van der Waals surface area contributed by atoms with Crippen LogP contribution in [0.4, 0.5) is 0 Å². The van der Waals surface area contributed by atoms with Crippen molar-refractivity contribution in [3.63, 3.8) is 0 Å². The molecule has 0 saturated carbocycles. The quantitative estimate of drug-likeness (QED) is 0.573. The van der Waals surface area contributed by atoms with Gasteiger partial charge in [-0.1, -0.05) is 41.1 Å². The maximum Gasteiger partial charge on any atom is 0.119 e. The van der Waals surface area contributed by atoms with Gasteiger partial charge in [-0.3, -0.25) is 0 Å². The molecule has 0 spiro atoms. The number of hydrogen-bond acceptors (Lipinski definition) is 1. The Hall–Kier alpha value is -0.990. The number of benzene rings is 2. The van der Waals surface area contributed by atoms with Crippen LogP contribution in [0.25, 0.3) is 0 Å². The molecule has 1 atom stereocenters. The zero-order valence-electron chi connectivity index (χ0n) is 12.6. The van der Waals surface area contributed by atoms with Gasteiger partial charge in [0.05, 0.1) is 12.0 Å². The summed E-state index contributed by atoms with van der Waals surface area (Å²) in [6.07, 6.45) is 1.000. The van der Waals surface area contributed by atoms with Gasteiger partial charge in [0.15, 0.2) is 0 Å². The molecular formula is C18H20BrClO. The first-order valence-corrected chi connectivity index (χ1v) is 8.39. The van der Waals surface area contributed by atoms with Gasteiger partial charge >= 0.3 is 0 Å². The Bertz CT molecular complexity index is 625. The highest BCUT2D eigenvalue weighted by Gasteiger charge is 2.15. The first-order valence-electron chi connectivity index (χ1n) is 7.16. The molecule has 0 aromatic heterocycles. The van der Waals surface area contributed by atoms with E-state index in [-0.39, 0.29) is 5.38 Å². The summed E-state index contributed by atoms with van der Waals surface area (Å²) in [5, 5.41) is -0.165. The van der Waals surface area contributed by atoms with Crippen LogP contribution in [0.1, 0.15) is 41.0 Å². The number of alkyl halides is 1. The third-order valence-corrected chi connectivity index (χ3v) is 4.79. The van der Waals surface area contributed by atoms with E-state index in [2.05, 4.69) is 48.8 Å². The minimum Gasteiger partial charge on any atom is -0.494 e. The molecule has 0 aliphatic rings. The van der Waals surface area contributed by atoms with Crippen LogP contribution in [-0.4, -0.2) is 6.61 Å². The van der Waals surface area contributed by atoms with Gasteiger partial charge in [0.1, 0.15) is 5.75 Å². The van der Waals surface area contributed by atoms with E-state index >= 15 is 0 Å². The average Bonchev–Trinajstić information content (AvgIpc) is 2.48. The Kier molecular flexibility index (Phi) is 5.72. The van der Waals surface area contributed by atoms with Gasteiger partial charge < -0.3 is 4.74 Å². The van der Waals surface area contributed by atoms with Crippen molar-refractivity contribution in [2.45, 2.75) is 32.6 Å². The Balaban J connectivity index is 2.31. The molecule has 1 nitrogen and oxygen atoms in total. The summed E-state index contributed by atoms with van der Waals surface area (Å²) in [4.78, 5) is 0. The zero-order chi connectivity index (χ0) is 15.4. The van der Waals surface area contributed by atoms with E-state index in [4.69, 9.17) is 16.3 Å². The molecule has 0 saturated heterocycles. The van der Waals surface area contributed by atoms with Gasteiger partial charge in [-0.15, -0.1) is 11.6 Å². The number of hydrogen-bond donors (Lipinski definition) is 0. The van der Waals surface area contributed by atoms with E-state index in [1.807, 2.05) is 24.3 Å². The summed E-state index contributed by atoms with van der Waals surface area (Å²) in [6, 6.07) is 12.3. The Morgan fingerprint density at radius 2 is 1.90 bits per heavy atom. The summed E-state index contributed by atoms with van der Waals surface area (Å²) in [5.41, 5.74) is 4.59. The molecule has 2 aromatic carbocycles. The molecule has 112 valence electrons. The molecule has 3 heteroatoms. The molecule has 0 bridgehead atoms. The predicted octanol–water partition coefficient (Wildman–Crippen LogP) is 6.18. The van der Waals surface area contributed by atoms with Gasteiger partial charge in [-0.2, -0.15) is 0 Å². The van der Waals surface area contributed by atoms with Crippen LogP contribution in [0.2, 0.25) is 0 Å². The minimum atomic E-state index is -0.165. The normalized spacial score (nSPS) is 12.2. The van der Waals surface area contributed by atoms with E-state index in [0.29, 0.717) is 0 Å². The van der Waals surface area contributed by atoms with Crippen LogP contribution in [0, 0.1) is 13.8 Å². The molecule has 0 aliphatic carbocycles.